The van der Waals surface area contributed by atoms with Gasteiger partial charge in [0.1, 0.15) is 10.7 Å². The molecule has 0 saturated heterocycles. The van der Waals surface area contributed by atoms with Gasteiger partial charge in [0, 0.05) is 17.0 Å². The number of hydrogen-bond acceptors (Lipinski definition) is 5. The number of fused-ring (bicyclic) bond motifs is 1. The first-order valence-corrected chi connectivity index (χ1v) is 11.6. The molecule has 2 aromatic carbocycles. The molecule has 0 saturated carbocycles. The highest BCUT2D eigenvalue weighted by molar-refractivity contribution is 7.98. The fraction of sp³-hybridized carbons (Fsp3) is 0.300. The third kappa shape index (κ3) is 4.07. The SMILES string of the molecule is CSc1ccccc1NC(=O)c1ccc2c(c1)S(=O)(=O)N=C(C)N2CC(C)C. The van der Waals surface area contributed by atoms with Crippen LogP contribution >= 0.6 is 11.8 Å². The van der Waals surface area contributed by atoms with E-state index in [0.29, 0.717) is 29.7 Å². The Kier molecular flexibility index (Phi) is 5.81. The highest BCUT2D eigenvalue weighted by Crippen LogP contribution is 2.33. The van der Waals surface area contributed by atoms with Crippen molar-refractivity contribution in [2.75, 3.05) is 23.0 Å². The topological polar surface area (TPSA) is 78.8 Å². The zero-order chi connectivity index (χ0) is 20.5. The minimum atomic E-state index is -3.84. The van der Waals surface area contributed by atoms with Crippen LogP contribution in [0.2, 0.25) is 0 Å². The summed E-state index contributed by atoms with van der Waals surface area (Å²) in [5, 5.41) is 2.86. The lowest BCUT2D eigenvalue weighted by Crippen LogP contribution is -2.36. The van der Waals surface area contributed by atoms with Crippen molar-refractivity contribution in [2.45, 2.75) is 30.6 Å². The van der Waals surface area contributed by atoms with E-state index in [1.807, 2.05) is 35.4 Å². The molecule has 0 atom stereocenters. The lowest BCUT2D eigenvalue weighted by atomic mass is 10.1. The lowest BCUT2D eigenvalue weighted by Gasteiger charge is -2.30. The molecular weight excluding hydrogens is 394 g/mol. The minimum absolute atomic E-state index is 0.0598. The molecule has 1 aliphatic rings. The third-order valence-electron chi connectivity index (χ3n) is 4.34. The van der Waals surface area contributed by atoms with Crippen molar-refractivity contribution in [2.24, 2.45) is 10.3 Å². The number of amidine groups is 1. The van der Waals surface area contributed by atoms with Crippen molar-refractivity contribution in [1.82, 2.24) is 0 Å². The van der Waals surface area contributed by atoms with E-state index in [4.69, 9.17) is 0 Å². The number of rotatable bonds is 5. The standard InChI is InChI=1S/C20H23N3O3S2/c1-13(2)12-23-14(3)22-28(25,26)19-11-15(9-10-17(19)23)20(24)21-16-7-5-6-8-18(16)27-4/h5-11,13H,12H2,1-4H3,(H,21,24). The van der Waals surface area contributed by atoms with Crippen LogP contribution in [-0.2, 0) is 10.0 Å². The fourth-order valence-corrected chi connectivity index (χ4v) is 4.89. The van der Waals surface area contributed by atoms with Crippen LogP contribution in [0, 0.1) is 5.92 Å². The van der Waals surface area contributed by atoms with Crippen molar-refractivity contribution in [3.8, 4) is 0 Å². The van der Waals surface area contributed by atoms with Crippen molar-refractivity contribution < 1.29 is 13.2 Å². The third-order valence-corrected chi connectivity index (χ3v) is 6.52. The monoisotopic (exact) mass is 417 g/mol. The maximum atomic E-state index is 12.7. The first-order chi connectivity index (χ1) is 13.2. The maximum Gasteiger partial charge on any atom is 0.286 e. The lowest BCUT2D eigenvalue weighted by molar-refractivity contribution is 0.102. The van der Waals surface area contributed by atoms with Crippen LogP contribution in [0.5, 0.6) is 0 Å². The van der Waals surface area contributed by atoms with E-state index in [2.05, 4.69) is 23.6 Å². The van der Waals surface area contributed by atoms with Gasteiger partial charge in [-0.05, 0) is 49.4 Å². The first kappa shape index (κ1) is 20.4. The summed E-state index contributed by atoms with van der Waals surface area (Å²) in [5.74, 6) is 0.401. The predicted octanol–water partition coefficient (Wildman–Crippen LogP) is 4.24. The molecule has 3 rings (SSSR count). The zero-order valence-electron chi connectivity index (χ0n) is 16.3. The van der Waals surface area contributed by atoms with Crippen LogP contribution < -0.4 is 10.2 Å². The number of hydrogen-bond donors (Lipinski definition) is 1. The van der Waals surface area contributed by atoms with Crippen LogP contribution in [0.1, 0.15) is 31.1 Å². The molecule has 148 valence electrons. The summed E-state index contributed by atoms with van der Waals surface area (Å²) in [7, 11) is -3.84. The Morgan fingerprint density at radius 2 is 1.93 bits per heavy atom. The Morgan fingerprint density at radius 3 is 2.61 bits per heavy atom. The normalized spacial score (nSPS) is 15.2. The summed E-state index contributed by atoms with van der Waals surface area (Å²) in [6.45, 7) is 6.44. The summed E-state index contributed by atoms with van der Waals surface area (Å²) >= 11 is 1.53. The second-order valence-corrected chi connectivity index (χ2v) is 9.38. The number of carbonyl (C=O) groups excluding carboxylic acids is 1. The van der Waals surface area contributed by atoms with Crippen molar-refractivity contribution >= 4 is 44.9 Å². The molecule has 1 heterocycles. The Balaban J connectivity index is 1.98. The highest BCUT2D eigenvalue weighted by Gasteiger charge is 2.30. The summed E-state index contributed by atoms with van der Waals surface area (Å²) in [4.78, 5) is 15.6. The second kappa shape index (κ2) is 7.97. The van der Waals surface area contributed by atoms with E-state index in [1.54, 1.807) is 19.1 Å². The Bertz CT molecular complexity index is 1050. The van der Waals surface area contributed by atoms with Gasteiger partial charge in [0.15, 0.2) is 0 Å². The van der Waals surface area contributed by atoms with Gasteiger partial charge >= 0.3 is 0 Å². The van der Waals surface area contributed by atoms with Crippen molar-refractivity contribution in [3.05, 3.63) is 48.0 Å². The van der Waals surface area contributed by atoms with E-state index in [-0.39, 0.29) is 16.4 Å². The molecule has 28 heavy (non-hydrogen) atoms. The average Bonchev–Trinajstić information content (AvgIpc) is 2.64. The molecule has 1 amide bonds. The largest absolute Gasteiger partial charge is 0.328 e. The number of nitrogens with zero attached hydrogens (tertiary/aromatic N) is 2. The van der Waals surface area contributed by atoms with Gasteiger partial charge < -0.3 is 10.2 Å². The second-order valence-electron chi connectivity index (χ2n) is 6.95. The van der Waals surface area contributed by atoms with Gasteiger partial charge in [-0.2, -0.15) is 8.42 Å². The molecule has 0 fully saturated rings. The molecule has 1 aliphatic heterocycles. The van der Waals surface area contributed by atoms with Gasteiger partial charge in [-0.1, -0.05) is 26.0 Å². The maximum absolute atomic E-state index is 12.7. The number of para-hydroxylation sites is 1. The quantitative estimate of drug-likeness (QED) is 0.736. The molecule has 0 spiro atoms. The molecule has 0 aliphatic carbocycles. The van der Waals surface area contributed by atoms with E-state index >= 15 is 0 Å². The summed E-state index contributed by atoms with van der Waals surface area (Å²) < 4.78 is 29.1. The number of carbonyl (C=O) groups is 1. The van der Waals surface area contributed by atoms with Crippen LogP contribution in [0.15, 0.2) is 56.7 Å². The minimum Gasteiger partial charge on any atom is -0.328 e. The molecular formula is C20H23N3O3S2. The number of amides is 1. The molecule has 0 unspecified atom stereocenters. The Morgan fingerprint density at radius 1 is 1.21 bits per heavy atom. The van der Waals surface area contributed by atoms with Gasteiger partial charge in [-0.25, -0.2) is 0 Å². The molecule has 1 N–H and O–H groups in total. The Labute approximate surface area is 170 Å². The molecule has 0 bridgehead atoms. The average molecular weight is 418 g/mol. The number of sulfonamides is 1. The molecule has 0 aromatic heterocycles. The van der Waals surface area contributed by atoms with Gasteiger partial charge in [0.2, 0.25) is 0 Å². The van der Waals surface area contributed by atoms with Crippen LogP contribution in [-0.4, -0.2) is 33.0 Å². The predicted molar refractivity (Wildman–Crippen MR) is 115 cm³/mol. The molecule has 0 radical (unpaired) electrons. The van der Waals surface area contributed by atoms with Crippen LogP contribution in [0.25, 0.3) is 0 Å². The van der Waals surface area contributed by atoms with Crippen LogP contribution in [0.4, 0.5) is 11.4 Å². The van der Waals surface area contributed by atoms with E-state index in [1.165, 1.54) is 17.8 Å². The van der Waals surface area contributed by atoms with Crippen molar-refractivity contribution in [3.63, 3.8) is 0 Å². The van der Waals surface area contributed by atoms with Gasteiger partial charge in [-0.3, -0.25) is 4.79 Å². The van der Waals surface area contributed by atoms with Crippen molar-refractivity contribution in [1.29, 1.82) is 0 Å². The Hall–Kier alpha value is -2.32. The summed E-state index contributed by atoms with van der Waals surface area (Å²) in [5.41, 5.74) is 1.52. The van der Waals surface area contributed by atoms with Gasteiger partial charge in [0.05, 0.1) is 11.4 Å². The molecule has 6 nitrogen and oxygen atoms in total. The first-order valence-electron chi connectivity index (χ1n) is 8.90. The number of nitrogens with one attached hydrogen (secondary N) is 1. The highest BCUT2D eigenvalue weighted by atomic mass is 32.2. The zero-order valence-corrected chi connectivity index (χ0v) is 17.9. The number of thioether (sulfide) groups is 1. The molecule has 8 heteroatoms. The smallest absolute Gasteiger partial charge is 0.286 e. The molecule has 2 aromatic rings. The number of anilines is 2. The van der Waals surface area contributed by atoms with E-state index in [0.717, 1.165) is 4.90 Å². The van der Waals surface area contributed by atoms with Gasteiger partial charge in [0.25, 0.3) is 15.9 Å². The summed E-state index contributed by atoms with van der Waals surface area (Å²) in [6, 6.07) is 12.2. The van der Waals surface area contributed by atoms with E-state index in [9.17, 15) is 13.2 Å². The van der Waals surface area contributed by atoms with Gasteiger partial charge in [-0.15, -0.1) is 16.2 Å². The van der Waals surface area contributed by atoms with Crippen LogP contribution in [0.3, 0.4) is 0 Å². The van der Waals surface area contributed by atoms with E-state index < -0.39 is 10.0 Å². The summed E-state index contributed by atoms with van der Waals surface area (Å²) in [6.07, 6.45) is 1.93. The fourth-order valence-electron chi connectivity index (χ4n) is 3.07. The number of benzene rings is 2.